The van der Waals surface area contributed by atoms with Crippen molar-refractivity contribution >= 4 is 0 Å². The quantitative estimate of drug-likeness (QED) is 0.650. The molecule has 0 unspecified atom stereocenters. The number of H-pyrrole nitrogens is 1. The highest BCUT2D eigenvalue weighted by Gasteiger charge is 1.89. The molecule has 0 spiro atoms. The van der Waals surface area contributed by atoms with Gasteiger partial charge in [0, 0.05) is 6.92 Å². The molecule has 2 aromatic rings. The van der Waals surface area contributed by atoms with E-state index < -0.39 is 0 Å². The first kappa shape index (κ1) is 9.37. The van der Waals surface area contributed by atoms with Crippen LogP contribution in [0.4, 0.5) is 0 Å². The van der Waals surface area contributed by atoms with Crippen LogP contribution in [-0.4, -0.2) is 25.3 Å². The predicted molar refractivity (Wildman–Crippen MR) is 44.9 cm³/mol. The van der Waals surface area contributed by atoms with Gasteiger partial charge in [0.25, 0.3) is 0 Å². The molecule has 0 atom stereocenters. The molecule has 1 N–H and O–H groups in total. The number of aromatic amines is 1. The largest absolute Gasteiger partial charge is 0.340 e. The average molecular weight is 181 g/mol. The Morgan fingerprint density at radius 2 is 2.08 bits per heavy atom. The third-order valence-corrected chi connectivity index (χ3v) is 1.16. The van der Waals surface area contributed by atoms with E-state index >= 15 is 0 Å². The standard InChI is InChI=1S/C4H6N2O.C3H5N3/c1-3-5-4(2)7-6-3;1-3-4-2-5-6-3/h1-2H3;2H,1H3,(H,4,5,6). The highest BCUT2D eigenvalue weighted by atomic mass is 16.5. The first-order valence-electron chi connectivity index (χ1n) is 3.77. The summed E-state index contributed by atoms with van der Waals surface area (Å²) in [5, 5.41) is 9.75. The van der Waals surface area contributed by atoms with Gasteiger partial charge in [-0.05, 0) is 13.8 Å². The maximum Gasteiger partial charge on any atom is 0.223 e. The molecule has 0 aromatic carbocycles. The summed E-state index contributed by atoms with van der Waals surface area (Å²) in [5.41, 5.74) is 0. The van der Waals surface area contributed by atoms with Crippen molar-refractivity contribution in [3.8, 4) is 0 Å². The fraction of sp³-hybridized carbons (Fsp3) is 0.429. The zero-order valence-corrected chi connectivity index (χ0v) is 7.77. The van der Waals surface area contributed by atoms with Gasteiger partial charge in [0.1, 0.15) is 12.2 Å². The minimum atomic E-state index is 0.623. The summed E-state index contributed by atoms with van der Waals surface area (Å²) >= 11 is 0. The fourth-order valence-corrected chi connectivity index (χ4v) is 0.667. The molecule has 13 heavy (non-hydrogen) atoms. The van der Waals surface area contributed by atoms with Crippen molar-refractivity contribution in [2.45, 2.75) is 20.8 Å². The number of aromatic nitrogens is 5. The minimum absolute atomic E-state index is 0.623. The molecule has 6 heteroatoms. The molecule has 0 fully saturated rings. The third-order valence-electron chi connectivity index (χ3n) is 1.16. The third kappa shape index (κ3) is 3.46. The van der Waals surface area contributed by atoms with Crippen LogP contribution in [0.1, 0.15) is 17.5 Å². The van der Waals surface area contributed by atoms with Crippen LogP contribution in [0, 0.1) is 20.8 Å². The normalized spacial score (nSPS) is 9.15. The molecule has 0 aliphatic carbocycles. The summed E-state index contributed by atoms with van der Waals surface area (Å²) in [7, 11) is 0. The van der Waals surface area contributed by atoms with Crippen molar-refractivity contribution in [2.75, 3.05) is 0 Å². The second-order valence-electron chi connectivity index (χ2n) is 2.43. The number of hydrogen-bond donors (Lipinski definition) is 1. The Morgan fingerprint density at radius 3 is 2.23 bits per heavy atom. The Labute approximate surface area is 75.4 Å². The number of rotatable bonds is 0. The molecule has 0 radical (unpaired) electrons. The lowest BCUT2D eigenvalue weighted by atomic mass is 10.7. The number of nitrogens with one attached hydrogen (secondary N) is 1. The molecule has 2 heterocycles. The van der Waals surface area contributed by atoms with Crippen LogP contribution in [0.5, 0.6) is 0 Å². The van der Waals surface area contributed by atoms with E-state index in [9.17, 15) is 0 Å². The Kier molecular flexibility index (Phi) is 3.13. The summed E-state index contributed by atoms with van der Waals surface area (Å²) < 4.78 is 4.60. The van der Waals surface area contributed by atoms with Crippen molar-refractivity contribution in [2.24, 2.45) is 0 Å². The van der Waals surface area contributed by atoms with Gasteiger partial charge in [0.15, 0.2) is 5.82 Å². The first-order valence-corrected chi connectivity index (χ1v) is 3.77. The van der Waals surface area contributed by atoms with Gasteiger partial charge < -0.3 is 4.52 Å². The first-order chi connectivity index (χ1) is 6.18. The summed E-state index contributed by atoms with van der Waals surface area (Å²) in [6.45, 7) is 5.41. The summed E-state index contributed by atoms with van der Waals surface area (Å²) in [5.74, 6) is 2.17. The highest BCUT2D eigenvalue weighted by molar-refractivity contribution is 4.77. The van der Waals surface area contributed by atoms with Crippen molar-refractivity contribution in [1.29, 1.82) is 0 Å². The van der Waals surface area contributed by atoms with Crippen LogP contribution in [0.3, 0.4) is 0 Å². The Hall–Kier alpha value is -1.72. The molecule has 0 saturated heterocycles. The lowest BCUT2D eigenvalue weighted by Gasteiger charge is -1.66. The van der Waals surface area contributed by atoms with Gasteiger partial charge in [0.2, 0.25) is 5.89 Å². The number of nitrogens with zero attached hydrogens (tertiary/aromatic N) is 4. The Bertz CT molecular complexity index is 323. The van der Waals surface area contributed by atoms with Crippen molar-refractivity contribution in [3.63, 3.8) is 0 Å². The minimum Gasteiger partial charge on any atom is -0.340 e. The zero-order valence-electron chi connectivity index (χ0n) is 7.77. The van der Waals surface area contributed by atoms with Gasteiger partial charge in [-0.25, -0.2) is 4.98 Å². The molecule has 70 valence electrons. The topological polar surface area (TPSA) is 80.5 Å². The van der Waals surface area contributed by atoms with Gasteiger partial charge in [-0.2, -0.15) is 10.1 Å². The summed E-state index contributed by atoms with van der Waals surface area (Å²) in [6, 6.07) is 0. The van der Waals surface area contributed by atoms with E-state index in [1.54, 1.807) is 13.8 Å². The molecule has 0 amide bonds. The van der Waals surface area contributed by atoms with E-state index in [-0.39, 0.29) is 0 Å². The fourth-order valence-electron chi connectivity index (χ4n) is 0.667. The van der Waals surface area contributed by atoms with E-state index in [0.29, 0.717) is 11.7 Å². The molecular weight excluding hydrogens is 170 g/mol. The van der Waals surface area contributed by atoms with Crippen LogP contribution < -0.4 is 0 Å². The maximum absolute atomic E-state index is 4.60. The van der Waals surface area contributed by atoms with Gasteiger partial charge in [-0.15, -0.1) is 0 Å². The smallest absolute Gasteiger partial charge is 0.223 e. The number of hydrogen-bond acceptors (Lipinski definition) is 5. The monoisotopic (exact) mass is 181 g/mol. The lowest BCUT2D eigenvalue weighted by molar-refractivity contribution is 0.389. The van der Waals surface area contributed by atoms with E-state index in [1.165, 1.54) is 6.33 Å². The van der Waals surface area contributed by atoms with Crippen molar-refractivity contribution < 1.29 is 4.52 Å². The molecule has 0 aliphatic heterocycles. The van der Waals surface area contributed by atoms with Gasteiger partial charge >= 0.3 is 0 Å². The van der Waals surface area contributed by atoms with Crippen LogP contribution in [-0.2, 0) is 0 Å². The Morgan fingerprint density at radius 1 is 1.31 bits per heavy atom. The van der Waals surface area contributed by atoms with Crippen LogP contribution in [0.25, 0.3) is 0 Å². The Balaban J connectivity index is 0.000000132. The van der Waals surface area contributed by atoms with Crippen molar-refractivity contribution in [3.05, 3.63) is 23.9 Å². The van der Waals surface area contributed by atoms with Gasteiger partial charge in [-0.3, -0.25) is 5.10 Å². The number of aryl methyl sites for hydroxylation is 3. The SMILES string of the molecule is Cc1ncn[nH]1.Cc1noc(C)n1. The van der Waals surface area contributed by atoms with E-state index in [4.69, 9.17) is 0 Å². The maximum atomic E-state index is 4.60. The molecule has 0 aliphatic rings. The zero-order chi connectivity index (χ0) is 9.68. The van der Waals surface area contributed by atoms with Gasteiger partial charge in [-0.1, -0.05) is 5.16 Å². The molecule has 0 saturated carbocycles. The summed E-state index contributed by atoms with van der Waals surface area (Å²) in [6.07, 6.45) is 1.48. The second kappa shape index (κ2) is 4.34. The van der Waals surface area contributed by atoms with Crippen LogP contribution in [0.15, 0.2) is 10.9 Å². The predicted octanol–water partition coefficient (Wildman–Crippen LogP) is 0.800. The van der Waals surface area contributed by atoms with Gasteiger partial charge in [0.05, 0.1) is 0 Å². The molecule has 0 bridgehead atoms. The second-order valence-corrected chi connectivity index (χ2v) is 2.43. The van der Waals surface area contributed by atoms with Crippen molar-refractivity contribution in [1.82, 2.24) is 25.3 Å². The lowest BCUT2D eigenvalue weighted by Crippen LogP contribution is -1.70. The van der Waals surface area contributed by atoms with Crippen LogP contribution >= 0.6 is 0 Å². The molecule has 6 nitrogen and oxygen atoms in total. The molecular formula is C7H11N5O. The van der Waals surface area contributed by atoms with E-state index in [2.05, 4.69) is 29.8 Å². The highest BCUT2D eigenvalue weighted by Crippen LogP contribution is 1.89. The van der Waals surface area contributed by atoms with E-state index in [1.807, 2.05) is 6.92 Å². The average Bonchev–Trinajstić information content (AvgIpc) is 2.64. The molecule has 2 rings (SSSR count). The summed E-state index contributed by atoms with van der Waals surface area (Å²) in [4.78, 5) is 7.58. The molecule has 2 aromatic heterocycles. The van der Waals surface area contributed by atoms with E-state index in [0.717, 1.165) is 5.82 Å². The van der Waals surface area contributed by atoms with Crippen LogP contribution in [0.2, 0.25) is 0 Å².